The Balaban J connectivity index is 1.87. The van der Waals surface area contributed by atoms with Gasteiger partial charge in [-0.1, -0.05) is 11.6 Å². The van der Waals surface area contributed by atoms with Crippen LogP contribution < -0.4 is 0 Å². The minimum Gasteiger partial charge on any atom is -0.469 e. The highest BCUT2D eigenvalue weighted by molar-refractivity contribution is 6.31. The number of rotatable bonds is 4. The van der Waals surface area contributed by atoms with Crippen LogP contribution in [0.3, 0.4) is 0 Å². The molecule has 0 bridgehead atoms. The summed E-state index contributed by atoms with van der Waals surface area (Å²) in [7, 11) is 1.28. The molecule has 1 aromatic rings. The Morgan fingerprint density at radius 3 is 2.33 bits per heavy atom. The normalized spacial score (nSPS) is 14.5. The van der Waals surface area contributed by atoms with Crippen LogP contribution in [0, 0.1) is 5.82 Å². The Morgan fingerprint density at radius 1 is 1.12 bits per heavy atom. The van der Waals surface area contributed by atoms with Crippen molar-refractivity contribution in [3.8, 4) is 0 Å². The van der Waals surface area contributed by atoms with E-state index in [-0.39, 0.29) is 29.7 Å². The van der Waals surface area contributed by atoms with Gasteiger partial charge in [-0.05, 0) is 18.2 Å². The molecule has 0 atom stereocenters. The second-order valence-electron chi connectivity index (χ2n) is 5.38. The summed E-state index contributed by atoms with van der Waals surface area (Å²) in [5, 5.41) is -0.0996. The first-order valence-electron chi connectivity index (χ1n) is 7.51. The first-order chi connectivity index (χ1) is 11.4. The molecule has 6 nitrogen and oxygen atoms in total. The van der Waals surface area contributed by atoms with Crippen molar-refractivity contribution in [2.24, 2.45) is 0 Å². The number of carbonyl (C=O) groups is 3. The third kappa shape index (κ3) is 4.44. The molecular formula is C16H18ClFN2O4. The average molecular weight is 357 g/mol. The second kappa shape index (κ2) is 8.10. The molecule has 1 aliphatic rings. The van der Waals surface area contributed by atoms with Gasteiger partial charge in [-0.25, -0.2) is 4.39 Å². The Morgan fingerprint density at radius 2 is 1.75 bits per heavy atom. The van der Waals surface area contributed by atoms with Gasteiger partial charge in [-0.2, -0.15) is 0 Å². The van der Waals surface area contributed by atoms with E-state index < -0.39 is 11.8 Å². The molecule has 1 aromatic carbocycles. The van der Waals surface area contributed by atoms with E-state index in [2.05, 4.69) is 4.74 Å². The highest BCUT2D eigenvalue weighted by atomic mass is 35.5. The van der Waals surface area contributed by atoms with Gasteiger partial charge in [0.05, 0.1) is 18.6 Å². The molecule has 0 saturated carbocycles. The summed E-state index contributed by atoms with van der Waals surface area (Å²) < 4.78 is 17.7. The van der Waals surface area contributed by atoms with E-state index in [1.807, 2.05) is 0 Å². The lowest BCUT2D eigenvalue weighted by atomic mass is 10.1. The number of hydrogen-bond acceptors (Lipinski definition) is 4. The Bertz CT molecular complexity index is 645. The molecule has 1 fully saturated rings. The minimum atomic E-state index is -0.575. The van der Waals surface area contributed by atoms with E-state index in [9.17, 15) is 18.8 Å². The van der Waals surface area contributed by atoms with E-state index >= 15 is 0 Å². The standard InChI is InChI=1S/C16H18ClFN2O4/c1-24-15(22)5-4-14(21)19-6-8-20(9-7-19)16(23)11-2-3-13(18)12(17)10-11/h2-3,10H,4-9H2,1H3. The smallest absolute Gasteiger partial charge is 0.306 e. The largest absolute Gasteiger partial charge is 0.469 e. The van der Waals surface area contributed by atoms with Gasteiger partial charge in [0.1, 0.15) is 5.82 Å². The molecule has 1 aliphatic heterocycles. The van der Waals surface area contributed by atoms with Crippen molar-refractivity contribution < 1.29 is 23.5 Å². The number of hydrogen-bond donors (Lipinski definition) is 0. The van der Waals surface area contributed by atoms with Crippen molar-refractivity contribution >= 4 is 29.4 Å². The molecule has 2 rings (SSSR count). The van der Waals surface area contributed by atoms with E-state index in [0.29, 0.717) is 31.7 Å². The van der Waals surface area contributed by atoms with Gasteiger partial charge in [0, 0.05) is 38.2 Å². The lowest BCUT2D eigenvalue weighted by Gasteiger charge is -2.34. The highest BCUT2D eigenvalue weighted by Gasteiger charge is 2.25. The molecule has 24 heavy (non-hydrogen) atoms. The Kier molecular flexibility index (Phi) is 6.14. The summed E-state index contributed by atoms with van der Waals surface area (Å²) in [4.78, 5) is 38.6. The lowest BCUT2D eigenvalue weighted by Crippen LogP contribution is -2.50. The maximum Gasteiger partial charge on any atom is 0.306 e. The third-order valence-corrected chi connectivity index (χ3v) is 4.15. The van der Waals surface area contributed by atoms with Gasteiger partial charge in [-0.3, -0.25) is 14.4 Å². The van der Waals surface area contributed by atoms with Crippen molar-refractivity contribution in [2.45, 2.75) is 12.8 Å². The first kappa shape index (κ1) is 18.2. The van der Waals surface area contributed by atoms with Crippen molar-refractivity contribution in [1.82, 2.24) is 9.80 Å². The van der Waals surface area contributed by atoms with E-state index in [0.717, 1.165) is 6.07 Å². The quantitative estimate of drug-likeness (QED) is 0.770. The van der Waals surface area contributed by atoms with Crippen molar-refractivity contribution in [3.63, 3.8) is 0 Å². The summed E-state index contributed by atoms with van der Waals surface area (Å²) in [5.74, 6) is -1.39. The fourth-order valence-electron chi connectivity index (χ4n) is 2.44. The number of benzene rings is 1. The van der Waals surface area contributed by atoms with E-state index in [1.54, 1.807) is 9.80 Å². The molecule has 2 amide bonds. The number of nitrogens with zero attached hydrogens (tertiary/aromatic N) is 2. The van der Waals surface area contributed by atoms with E-state index in [4.69, 9.17) is 11.6 Å². The molecule has 0 N–H and O–H groups in total. The Hall–Kier alpha value is -2.15. The number of carbonyl (C=O) groups excluding carboxylic acids is 3. The predicted octanol–water partition coefficient (Wildman–Crippen LogP) is 1.72. The zero-order chi connectivity index (χ0) is 17.7. The fourth-order valence-corrected chi connectivity index (χ4v) is 2.62. The highest BCUT2D eigenvalue weighted by Crippen LogP contribution is 2.18. The van der Waals surface area contributed by atoms with Crippen LogP contribution in [0.2, 0.25) is 5.02 Å². The van der Waals surface area contributed by atoms with Crippen molar-refractivity contribution in [1.29, 1.82) is 0 Å². The zero-order valence-corrected chi connectivity index (χ0v) is 14.0. The molecule has 1 saturated heterocycles. The van der Waals surface area contributed by atoms with Gasteiger partial charge >= 0.3 is 5.97 Å². The van der Waals surface area contributed by atoms with Crippen LogP contribution in [0.4, 0.5) is 4.39 Å². The fraction of sp³-hybridized carbons (Fsp3) is 0.438. The number of esters is 1. The first-order valence-corrected chi connectivity index (χ1v) is 7.89. The van der Waals surface area contributed by atoms with Crippen LogP contribution in [0.5, 0.6) is 0 Å². The number of piperazine rings is 1. The summed E-state index contributed by atoms with van der Waals surface area (Å²) >= 11 is 5.70. The monoisotopic (exact) mass is 356 g/mol. The van der Waals surface area contributed by atoms with Gasteiger partial charge < -0.3 is 14.5 Å². The summed E-state index contributed by atoms with van der Waals surface area (Å²) in [5.41, 5.74) is 0.312. The molecule has 0 aliphatic carbocycles. The minimum absolute atomic E-state index is 0.0442. The van der Waals surface area contributed by atoms with E-state index in [1.165, 1.54) is 19.2 Å². The molecule has 0 spiro atoms. The third-order valence-electron chi connectivity index (χ3n) is 3.86. The predicted molar refractivity (Wildman–Crippen MR) is 85.1 cm³/mol. The molecule has 0 radical (unpaired) electrons. The number of ether oxygens (including phenoxy) is 1. The average Bonchev–Trinajstić information content (AvgIpc) is 2.61. The summed E-state index contributed by atoms with van der Waals surface area (Å²) in [6.07, 6.45) is 0.136. The molecule has 0 aromatic heterocycles. The van der Waals surface area contributed by atoms with Crippen LogP contribution in [-0.2, 0) is 14.3 Å². The second-order valence-corrected chi connectivity index (χ2v) is 5.79. The zero-order valence-electron chi connectivity index (χ0n) is 13.3. The van der Waals surface area contributed by atoms with Gasteiger partial charge in [-0.15, -0.1) is 0 Å². The van der Waals surface area contributed by atoms with Crippen LogP contribution in [0.25, 0.3) is 0 Å². The summed E-state index contributed by atoms with van der Waals surface area (Å²) in [6.45, 7) is 1.52. The molecule has 0 unspecified atom stereocenters. The summed E-state index contributed by atoms with van der Waals surface area (Å²) in [6, 6.07) is 3.84. The van der Waals surface area contributed by atoms with Gasteiger partial charge in [0.15, 0.2) is 0 Å². The number of amides is 2. The van der Waals surface area contributed by atoms with Crippen molar-refractivity contribution in [2.75, 3.05) is 33.3 Å². The van der Waals surface area contributed by atoms with Crippen LogP contribution in [0.15, 0.2) is 18.2 Å². The van der Waals surface area contributed by atoms with Crippen LogP contribution in [0.1, 0.15) is 23.2 Å². The van der Waals surface area contributed by atoms with Gasteiger partial charge in [0.25, 0.3) is 5.91 Å². The maximum absolute atomic E-state index is 13.2. The molecular weight excluding hydrogens is 339 g/mol. The van der Waals surface area contributed by atoms with Gasteiger partial charge in [0.2, 0.25) is 5.91 Å². The SMILES string of the molecule is COC(=O)CCC(=O)N1CCN(C(=O)c2ccc(F)c(Cl)c2)CC1. The van der Waals surface area contributed by atoms with Crippen LogP contribution >= 0.6 is 11.6 Å². The molecule has 8 heteroatoms. The number of halogens is 2. The van der Waals surface area contributed by atoms with Crippen LogP contribution in [-0.4, -0.2) is 60.9 Å². The van der Waals surface area contributed by atoms with Crippen molar-refractivity contribution in [3.05, 3.63) is 34.6 Å². The number of methoxy groups -OCH3 is 1. The Labute approximate surface area is 144 Å². The molecule has 1 heterocycles. The lowest BCUT2D eigenvalue weighted by molar-refractivity contribution is -0.143. The molecule has 130 valence electrons. The topological polar surface area (TPSA) is 66.9 Å². The maximum atomic E-state index is 13.2.